The van der Waals surface area contributed by atoms with Crippen LogP contribution in [0.1, 0.15) is 15.9 Å². The molecule has 0 aliphatic rings. The van der Waals surface area contributed by atoms with Gasteiger partial charge in [0.1, 0.15) is 0 Å². The molecule has 0 saturated heterocycles. The molecule has 1 N–H and O–H groups in total. The minimum atomic E-state index is -0.393. The second kappa shape index (κ2) is 7.92. The van der Waals surface area contributed by atoms with Crippen molar-refractivity contribution >= 4 is 29.5 Å². The first kappa shape index (κ1) is 17.2. The fraction of sp³-hybridized carbons (Fsp3) is 0.167. The third-order valence-corrected chi connectivity index (χ3v) is 3.23. The van der Waals surface area contributed by atoms with Gasteiger partial charge in [-0.1, -0.05) is 12.1 Å². The van der Waals surface area contributed by atoms with Gasteiger partial charge in [-0.15, -0.1) is 0 Å². The summed E-state index contributed by atoms with van der Waals surface area (Å²) in [7, 11) is 5.05. The van der Waals surface area contributed by atoms with E-state index >= 15 is 0 Å². The van der Waals surface area contributed by atoms with E-state index in [0.717, 1.165) is 5.56 Å². The molecule has 1 amide bonds. The van der Waals surface area contributed by atoms with Crippen LogP contribution in [0.5, 0.6) is 0 Å². The topological polar surface area (TPSA) is 71.5 Å². The molecule has 2 rings (SSSR count). The molecule has 1 heterocycles. The predicted molar refractivity (Wildman–Crippen MR) is 94.0 cm³/mol. The Hall–Kier alpha value is -3.15. The second-order valence-electron chi connectivity index (χ2n) is 5.21. The lowest BCUT2D eigenvalue weighted by atomic mass is 10.1. The number of hydrogen-bond donors (Lipinski definition) is 1. The first-order chi connectivity index (χ1) is 11.5. The molecule has 1 aromatic heterocycles. The van der Waals surface area contributed by atoms with Gasteiger partial charge < -0.3 is 15.0 Å². The van der Waals surface area contributed by atoms with Crippen molar-refractivity contribution in [2.75, 3.05) is 31.4 Å². The monoisotopic (exact) mass is 325 g/mol. The van der Waals surface area contributed by atoms with Crippen LogP contribution in [0.4, 0.5) is 11.5 Å². The Morgan fingerprint density at radius 1 is 1.17 bits per heavy atom. The van der Waals surface area contributed by atoms with Gasteiger partial charge >= 0.3 is 5.97 Å². The Morgan fingerprint density at radius 3 is 2.50 bits per heavy atom. The van der Waals surface area contributed by atoms with Gasteiger partial charge in [0.05, 0.1) is 18.4 Å². The lowest BCUT2D eigenvalue weighted by molar-refractivity contribution is -0.111. The van der Waals surface area contributed by atoms with Crippen molar-refractivity contribution in [1.29, 1.82) is 0 Å². The molecule has 0 spiro atoms. The first-order valence-corrected chi connectivity index (χ1v) is 7.31. The molecule has 0 unspecified atom stereocenters. The molecule has 0 fully saturated rings. The van der Waals surface area contributed by atoms with Crippen LogP contribution in [-0.2, 0) is 9.53 Å². The number of amides is 1. The number of nitrogens with zero attached hydrogens (tertiary/aromatic N) is 2. The van der Waals surface area contributed by atoms with Crippen LogP contribution >= 0.6 is 0 Å². The number of hydrogen-bond acceptors (Lipinski definition) is 5. The van der Waals surface area contributed by atoms with Crippen molar-refractivity contribution in [3.05, 3.63) is 59.8 Å². The van der Waals surface area contributed by atoms with E-state index in [1.807, 2.05) is 19.0 Å². The molecular formula is C18H19N3O3. The number of nitrogens with one attached hydrogen (secondary N) is 1. The molecule has 0 aliphatic carbocycles. The summed E-state index contributed by atoms with van der Waals surface area (Å²) < 4.78 is 4.64. The quantitative estimate of drug-likeness (QED) is 0.676. The molecule has 0 aliphatic heterocycles. The largest absolute Gasteiger partial charge is 0.465 e. The third-order valence-electron chi connectivity index (χ3n) is 3.23. The number of esters is 1. The van der Waals surface area contributed by atoms with Gasteiger partial charge in [0, 0.05) is 26.4 Å². The fourth-order valence-electron chi connectivity index (χ4n) is 2.05. The number of ether oxygens (including phenoxy) is 1. The van der Waals surface area contributed by atoms with Crippen molar-refractivity contribution in [3.63, 3.8) is 0 Å². The number of benzene rings is 1. The summed E-state index contributed by atoms with van der Waals surface area (Å²) in [6.07, 6.45) is 4.77. The summed E-state index contributed by atoms with van der Waals surface area (Å²) in [5.41, 5.74) is 1.90. The SMILES string of the molecule is COC(=O)c1ccc(/C=C/C(=O)Nc2cccnc2N(C)C)cc1. The van der Waals surface area contributed by atoms with E-state index in [-0.39, 0.29) is 5.91 Å². The van der Waals surface area contributed by atoms with Crippen molar-refractivity contribution < 1.29 is 14.3 Å². The summed E-state index contributed by atoms with van der Waals surface area (Å²) in [6.45, 7) is 0. The normalized spacial score (nSPS) is 10.5. The number of carbonyl (C=O) groups is 2. The highest BCUT2D eigenvalue weighted by Crippen LogP contribution is 2.20. The zero-order valence-corrected chi connectivity index (χ0v) is 13.8. The average molecular weight is 325 g/mol. The molecule has 0 atom stereocenters. The van der Waals surface area contributed by atoms with Gasteiger partial charge in [0.15, 0.2) is 5.82 Å². The zero-order chi connectivity index (χ0) is 17.5. The summed E-state index contributed by atoms with van der Waals surface area (Å²) >= 11 is 0. The maximum atomic E-state index is 12.1. The summed E-state index contributed by atoms with van der Waals surface area (Å²) in [5, 5.41) is 2.80. The number of pyridine rings is 1. The Bertz CT molecular complexity index is 752. The third kappa shape index (κ3) is 4.42. The van der Waals surface area contributed by atoms with Gasteiger partial charge in [-0.2, -0.15) is 0 Å². The van der Waals surface area contributed by atoms with Crippen LogP contribution in [0.3, 0.4) is 0 Å². The van der Waals surface area contributed by atoms with E-state index in [1.54, 1.807) is 48.7 Å². The Morgan fingerprint density at radius 2 is 1.88 bits per heavy atom. The van der Waals surface area contributed by atoms with Crippen LogP contribution in [0.25, 0.3) is 6.08 Å². The summed E-state index contributed by atoms with van der Waals surface area (Å²) in [6, 6.07) is 10.3. The number of aromatic nitrogens is 1. The average Bonchev–Trinajstić information content (AvgIpc) is 2.60. The molecule has 124 valence electrons. The van der Waals surface area contributed by atoms with Gasteiger partial charge in [-0.05, 0) is 35.9 Å². The summed E-state index contributed by atoms with van der Waals surface area (Å²) in [4.78, 5) is 29.5. The molecule has 1 aromatic carbocycles. The van der Waals surface area contributed by atoms with Crippen LogP contribution in [0, 0.1) is 0 Å². The van der Waals surface area contributed by atoms with Crippen LogP contribution in [-0.4, -0.2) is 38.1 Å². The molecule has 6 nitrogen and oxygen atoms in total. The van der Waals surface area contributed by atoms with Crippen molar-refractivity contribution in [3.8, 4) is 0 Å². The van der Waals surface area contributed by atoms with E-state index in [0.29, 0.717) is 17.1 Å². The number of carbonyl (C=O) groups excluding carboxylic acids is 2. The van der Waals surface area contributed by atoms with E-state index in [9.17, 15) is 9.59 Å². The molecule has 0 saturated carbocycles. The van der Waals surface area contributed by atoms with Gasteiger partial charge in [-0.25, -0.2) is 9.78 Å². The van der Waals surface area contributed by atoms with Crippen LogP contribution in [0.2, 0.25) is 0 Å². The second-order valence-corrected chi connectivity index (χ2v) is 5.21. The van der Waals surface area contributed by atoms with Gasteiger partial charge in [-0.3, -0.25) is 4.79 Å². The smallest absolute Gasteiger partial charge is 0.337 e. The summed E-state index contributed by atoms with van der Waals surface area (Å²) in [5.74, 6) is 0.0286. The molecular weight excluding hydrogens is 306 g/mol. The fourth-order valence-corrected chi connectivity index (χ4v) is 2.05. The highest BCUT2D eigenvalue weighted by molar-refractivity contribution is 6.03. The Labute approximate surface area is 140 Å². The van der Waals surface area contributed by atoms with Crippen molar-refractivity contribution in [2.24, 2.45) is 0 Å². The Balaban J connectivity index is 2.04. The van der Waals surface area contributed by atoms with E-state index in [2.05, 4.69) is 15.0 Å². The van der Waals surface area contributed by atoms with E-state index < -0.39 is 5.97 Å². The lowest BCUT2D eigenvalue weighted by Crippen LogP contribution is -2.16. The van der Waals surface area contributed by atoms with Crippen LogP contribution in [0.15, 0.2) is 48.7 Å². The van der Waals surface area contributed by atoms with Gasteiger partial charge in [0.25, 0.3) is 0 Å². The van der Waals surface area contributed by atoms with E-state index in [4.69, 9.17) is 0 Å². The molecule has 24 heavy (non-hydrogen) atoms. The highest BCUT2D eigenvalue weighted by Gasteiger charge is 2.07. The first-order valence-electron chi connectivity index (χ1n) is 7.31. The minimum absolute atomic E-state index is 0.261. The maximum Gasteiger partial charge on any atom is 0.337 e. The van der Waals surface area contributed by atoms with Crippen LogP contribution < -0.4 is 10.2 Å². The highest BCUT2D eigenvalue weighted by atomic mass is 16.5. The predicted octanol–water partition coefficient (Wildman–Crippen LogP) is 2.59. The minimum Gasteiger partial charge on any atom is -0.465 e. The molecule has 6 heteroatoms. The van der Waals surface area contributed by atoms with Crippen molar-refractivity contribution in [2.45, 2.75) is 0 Å². The zero-order valence-electron chi connectivity index (χ0n) is 13.8. The lowest BCUT2D eigenvalue weighted by Gasteiger charge is -2.15. The maximum absolute atomic E-state index is 12.1. The number of rotatable bonds is 5. The number of methoxy groups -OCH3 is 1. The van der Waals surface area contributed by atoms with Gasteiger partial charge in [0.2, 0.25) is 5.91 Å². The number of anilines is 2. The molecule has 0 radical (unpaired) electrons. The molecule has 2 aromatic rings. The standard InChI is InChI=1S/C18H19N3O3/c1-21(2)17-15(5-4-12-19-17)20-16(22)11-8-13-6-9-14(10-7-13)18(23)24-3/h4-12H,1-3H3,(H,20,22)/b11-8+. The Kier molecular flexibility index (Phi) is 5.68. The molecule has 0 bridgehead atoms. The van der Waals surface area contributed by atoms with Crippen molar-refractivity contribution in [1.82, 2.24) is 4.98 Å². The van der Waals surface area contributed by atoms with E-state index in [1.165, 1.54) is 13.2 Å².